The number of allylic oxidation sites excluding steroid dienone is 2. The van der Waals surface area contributed by atoms with E-state index in [1.165, 1.54) is 5.57 Å². The van der Waals surface area contributed by atoms with Crippen LogP contribution in [0.25, 0.3) is 0 Å². The van der Waals surface area contributed by atoms with Crippen molar-refractivity contribution in [2.75, 3.05) is 0 Å². The minimum atomic E-state index is -0.352. The molecule has 1 rings (SSSR count). The van der Waals surface area contributed by atoms with Crippen molar-refractivity contribution >= 4 is 0 Å². The molecule has 0 spiro atoms. The van der Waals surface area contributed by atoms with Gasteiger partial charge in [-0.25, -0.2) is 0 Å². The molecular weight excluding hydrogens is 148 g/mol. The van der Waals surface area contributed by atoms with E-state index in [-0.39, 0.29) is 5.60 Å². The van der Waals surface area contributed by atoms with Gasteiger partial charge in [-0.1, -0.05) is 18.6 Å². The van der Waals surface area contributed by atoms with E-state index in [0.717, 1.165) is 12.8 Å². The summed E-state index contributed by atoms with van der Waals surface area (Å²) in [5, 5.41) is 9.61. The molecule has 3 atom stereocenters. The highest BCUT2D eigenvalue weighted by molar-refractivity contribution is 5.04. The largest absolute Gasteiger partial charge is 0.390 e. The highest BCUT2D eigenvalue weighted by atomic mass is 16.3. The van der Waals surface area contributed by atoms with E-state index in [1.54, 1.807) is 0 Å². The van der Waals surface area contributed by atoms with E-state index >= 15 is 0 Å². The van der Waals surface area contributed by atoms with Crippen LogP contribution in [0.2, 0.25) is 0 Å². The molecule has 0 saturated heterocycles. The Balaban J connectivity index is 2.32. The summed E-state index contributed by atoms with van der Waals surface area (Å²) in [5.74, 6) is 1.17. The third kappa shape index (κ3) is 2.34. The van der Waals surface area contributed by atoms with Crippen LogP contribution < -0.4 is 0 Å². The average molecular weight is 168 g/mol. The minimum absolute atomic E-state index is 0.352. The molecule has 0 aromatic carbocycles. The zero-order chi connectivity index (χ0) is 9.35. The molecule has 70 valence electrons. The van der Waals surface area contributed by atoms with Gasteiger partial charge in [0.2, 0.25) is 0 Å². The van der Waals surface area contributed by atoms with Gasteiger partial charge in [0.1, 0.15) is 0 Å². The highest BCUT2D eigenvalue weighted by Crippen LogP contribution is 2.48. The van der Waals surface area contributed by atoms with E-state index in [4.69, 9.17) is 0 Å². The van der Waals surface area contributed by atoms with Gasteiger partial charge in [-0.3, -0.25) is 0 Å². The van der Waals surface area contributed by atoms with Crippen LogP contribution in [0.5, 0.6) is 0 Å². The Hall–Kier alpha value is -0.300. The van der Waals surface area contributed by atoms with Crippen LogP contribution in [0.1, 0.15) is 40.5 Å². The maximum atomic E-state index is 9.61. The Kier molecular flexibility index (Phi) is 2.62. The number of hydrogen-bond acceptors (Lipinski definition) is 1. The van der Waals surface area contributed by atoms with Crippen LogP contribution >= 0.6 is 0 Å². The summed E-state index contributed by atoms with van der Waals surface area (Å²) >= 11 is 0. The van der Waals surface area contributed by atoms with Crippen molar-refractivity contribution in [3.8, 4) is 0 Å². The second kappa shape index (κ2) is 3.21. The fourth-order valence-electron chi connectivity index (χ4n) is 1.79. The lowest BCUT2D eigenvalue weighted by Gasteiger charge is -2.09. The third-order valence-corrected chi connectivity index (χ3v) is 2.86. The van der Waals surface area contributed by atoms with Crippen molar-refractivity contribution in [2.45, 2.75) is 46.1 Å². The molecule has 0 aromatic heterocycles. The zero-order valence-corrected chi connectivity index (χ0v) is 8.59. The van der Waals surface area contributed by atoms with Gasteiger partial charge in [-0.05, 0) is 45.4 Å². The van der Waals surface area contributed by atoms with E-state index in [2.05, 4.69) is 26.8 Å². The van der Waals surface area contributed by atoms with Crippen LogP contribution in [0.4, 0.5) is 0 Å². The first-order valence-electron chi connectivity index (χ1n) is 4.79. The van der Waals surface area contributed by atoms with Gasteiger partial charge in [0.05, 0.1) is 5.60 Å². The Bertz CT molecular complexity index is 187. The van der Waals surface area contributed by atoms with E-state index in [0.29, 0.717) is 11.8 Å². The molecule has 0 amide bonds. The van der Waals surface area contributed by atoms with Gasteiger partial charge in [0, 0.05) is 0 Å². The molecule has 0 heterocycles. The van der Waals surface area contributed by atoms with Gasteiger partial charge in [-0.2, -0.15) is 0 Å². The monoisotopic (exact) mass is 168 g/mol. The normalized spacial score (nSPS) is 35.9. The lowest BCUT2D eigenvalue weighted by Crippen LogP contribution is -2.09. The topological polar surface area (TPSA) is 20.2 Å². The molecule has 0 aromatic rings. The molecule has 1 saturated carbocycles. The maximum absolute atomic E-state index is 9.61. The first-order valence-corrected chi connectivity index (χ1v) is 4.79. The SMILES string of the molecule is CC(C)=CCC(C)C1CC1(C)O. The predicted octanol–water partition coefficient (Wildman–Crippen LogP) is 2.75. The minimum Gasteiger partial charge on any atom is -0.390 e. The van der Waals surface area contributed by atoms with Gasteiger partial charge in [0.15, 0.2) is 0 Å². The summed E-state index contributed by atoms with van der Waals surface area (Å²) < 4.78 is 0. The van der Waals surface area contributed by atoms with E-state index in [9.17, 15) is 5.11 Å². The molecule has 12 heavy (non-hydrogen) atoms. The summed E-state index contributed by atoms with van der Waals surface area (Å²) in [7, 11) is 0. The molecule has 1 fully saturated rings. The molecule has 1 heteroatoms. The van der Waals surface area contributed by atoms with Crippen molar-refractivity contribution in [1.82, 2.24) is 0 Å². The molecule has 0 radical (unpaired) electrons. The summed E-state index contributed by atoms with van der Waals surface area (Å²) in [6.45, 7) is 8.41. The Morgan fingerprint density at radius 3 is 2.50 bits per heavy atom. The highest BCUT2D eigenvalue weighted by Gasteiger charge is 2.50. The Morgan fingerprint density at radius 1 is 1.67 bits per heavy atom. The molecule has 1 nitrogen and oxygen atoms in total. The smallest absolute Gasteiger partial charge is 0.0655 e. The molecule has 0 aliphatic heterocycles. The van der Waals surface area contributed by atoms with Crippen LogP contribution in [-0.4, -0.2) is 10.7 Å². The predicted molar refractivity (Wildman–Crippen MR) is 51.9 cm³/mol. The lowest BCUT2D eigenvalue weighted by molar-refractivity contribution is 0.139. The van der Waals surface area contributed by atoms with Crippen molar-refractivity contribution in [2.24, 2.45) is 11.8 Å². The van der Waals surface area contributed by atoms with Gasteiger partial charge < -0.3 is 5.11 Å². The molecule has 0 bridgehead atoms. The number of rotatable bonds is 3. The summed E-state index contributed by atoms with van der Waals surface area (Å²) in [6, 6.07) is 0. The van der Waals surface area contributed by atoms with Crippen molar-refractivity contribution in [1.29, 1.82) is 0 Å². The van der Waals surface area contributed by atoms with Crippen molar-refractivity contribution in [3.05, 3.63) is 11.6 Å². The summed E-state index contributed by atoms with van der Waals surface area (Å²) in [4.78, 5) is 0. The van der Waals surface area contributed by atoms with Crippen LogP contribution in [0.15, 0.2) is 11.6 Å². The Labute approximate surface area is 75.5 Å². The van der Waals surface area contributed by atoms with Crippen LogP contribution in [-0.2, 0) is 0 Å². The fourth-order valence-corrected chi connectivity index (χ4v) is 1.79. The van der Waals surface area contributed by atoms with Gasteiger partial charge >= 0.3 is 0 Å². The standard InChI is InChI=1S/C11H20O/c1-8(2)5-6-9(3)10-7-11(10,4)12/h5,9-10,12H,6-7H2,1-4H3. The molecule has 1 aliphatic rings. The lowest BCUT2D eigenvalue weighted by atomic mass is 9.99. The average Bonchev–Trinajstić information content (AvgIpc) is 2.55. The van der Waals surface area contributed by atoms with Gasteiger partial charge in [0.25, 0.3) is 0 Å². The molecule has 3 unspecified atom stereocenters. The quantitative estimate of drug-likeness (QED) is 0.642. The summed E-state index contributed by atoms with van der Waals surface area (Å²) in [6.07, 6.45) is 4.37. The first kappa shape index (κ1) is 9.79. The van der Waals surface area contributed by atoms with E-state index in [1.807, 2.05) is 6.92 Å². The number of aliphatic hydroxyl groups is 1. The van der Waals surface area contributed by atoms with Gasteiger partial charge in [-0.15, -0.1) is 0 Å². The Morgan fingerprint density at radius 2 is 2.17 bits per heavy atom. The van der Waals surface area contributed by atoms with Crippen molar-refractivity contribution < 1.29 is 5.11 Å². The van der Waals surface area contributed by atoms with Crippen molar-refractivity contribution in [3.63, 3.8) is 0 Å². The van der Waals surface area contributed by atoms with Crippen LogP contribution in [0, 0.1) is 11.8 Å². The second-order valence-corrected chi connectivity index (χ2v) is 4.66. The summed E-state index contributed by atoms with van der Waals surface area (Å²) in [5.41, 5.74) is 1.02. The fraction of sp³-hybridized carbons (Fsp3) is 0.818. The molecule has 1 N–H and O–H groups in total. The second-order valence-electron chi connectivity index (χ2n) is 4.66. The number of hydrogen-bond donors (Lipinski definition) is 1. The maximum Gasteiger partial charge on any atom is 0.0655 e. The van der Waals surface area contributed by atoms with E-state index < -0.39 is 0 Å². The molecular formula is C11H20O. The molecule has 1 aliphatic carbocycles. The van der Waals surface area contributed by atoms with Crippen LogP contribution in [0.3, 0.4) is 0 Å². The third-order valence-electron chi connectivity index (χ3n) is 2.86. The zero-order valence-electron chi connectivity index (χ0n) is 8.59. The first-order chi connectivity index (χ1) is 5.43.